The Morgan fingerprint density at radius 2 is 1.96 bits per heavy atom. The maximum atomic E-state index is 13.3. The summed E-state index contributed by atoms with van der Waals surface area (Å²) in [4.78, 5) is 11.3. The fourth-order valence-electron chi connectivity index (χ4n) is 3.19. The quantitative estimate of drug-likeness (QED) is 0.847. The van der Waals surface area contributed by atoms with Crippen molar-refractivity contribution in [2.75, 3.05) is 0 Å². The smallest absolute Gasteiger partial charge is 0.420 e. The van der Waals surface area contributed by atoms with Crippen LogP contribution in [0.3, 0.4) is 0 Å². The molecule has 1 N–H and O–H groups in total. The monoisotopic (exact) mass is 338 g/mol. The molecule has 0 aromatic carbocycles. The van der Waals surface area contributed by atoms with Gasteiger partial charge in [-0.05, 0) is 25.2 Å². The van der Waals surface area contributed by atoms with E-state index in [1.54, 1.807) is 0 Å². The van der Waals surface area contributed by atoms with Gasteiger partial charge in [0, 0.05) is 25.3 Å². The van der Waals surface area contributed by atoms with Gasteiger partial charge in [0.1, 0.15) is 5.56 Å². The van der Waals surface area contributed by atoms with Gasteiger partial charge in [0.2, 0.25) is 5.92 Å². The van der Waals surface area contributed by atoms with Crippen molar-refractivity contribution in [1.82, 2.24) is 9.78 Å². The number of hydrogen-bond donors (Lipinski definition) is 1. The van der Waals surface area contributed by atoms with Crippen LogP contribution in [-0.2, 0) is 12.7 Å². The molecule has 0 bridgehead atoms. The van der Waals surface area contributed by atoms with Gasteiger partial charge in [0.25, 0.3) is 0 Å². The molecule has 2 fully saturated rings. The number of alkyl halides is 5. The highest BCUT2D eigenvalue weighted by Gasteiger charge is 2.47. The lowest BCUT2D eigenvalue weighted by atomic mass is 10.1. The van der Waals surface area contributed by atoms with E-state index in [9.17, 15) is 31.9 Å². The Balaban J connectivity index is 1.98. The predicted molar refractivity (Wildman–Crippen MR) is 68.5 cm³/mol. The predicted octanol–water partition coefficient (Wildman–Crippen LogP) is 3.91. The molecule has 2 saturated carbocycles. The first-order valence-corrected chi connectivity index (χ1v) is 7.37. The molecule has 4 nitrogen and oxygen atoms in total. The van der Waals surface area contributed by atoms with E-state index in [0.717, 1.165) is 4.68 Å². The molecule has 1 atom stereocenters. The minimum absolute atomic E-state index is 0.145. The highest BCUT2D eigenvalue weighted by Crippen LogP contribution is 2.47. The summed E-state index contributed by atoms with van der Waals surface area (Å²) >= 11 is 0. The molecule has 0 saturated heterocycles. The van der Waals surface area contributed by atoms with Crippen LogP contribution in [0.15, 0.2) is 0 Å². The van der Waals surface area contributed by atoms with E-state index in [1.807, 2.05) is 0 Å². The van der Waals surface area contributed by atoms with Crippen molar-refractivity contribution in [2.24, 2.45) is 5.92 Å². The molecule has 128 valence electrons. The number of nitrogens with zero attached hydrogens (tertiary/aromatic N) is 2. The third-order valence-electron chi connectivity index (χ3n) is 4.37. The van der Waals surface area contributed by atoms with E-state index >= 15 is 0 Å². The molecule has 2 aliphatic rings. The first-order chi connectivity index (χ1) is 10.6. The standard InChI is InChI=1S/C14H15F5N2O2/c15-13(16)4-3-7(5-13)6-21-11(12(22)23)9(14(17,18)19)10(20-21)8-1-2-8/h7-8H,1-6H2,(H,22,23). The van der Waals surface area contributed by atoms with Crippen molar-refractivity contribution in [2.45, 2.75) is 56.7 Å². The number of rotatable bonds is 4. The lowest BCUT2D eigenvalue weighted by molar-refractivity contribution is -0.138. The van der Waals surface area contributed by atoms with Crippen LogP contribution in [0.5, 0.6) is 0 Å². The fourth-order valence-corrected chi connectivity index (χ4v) is 3.19. The molecule has 1 aromatic heterocycles. The van der Waals surface area contributed by atoms with Crippen LogP contribution in [0.2, 0.25) is 0 Å². The Bertz CT molecular complexity index is 634. The SMILES string of the molecule is O=C(O)c1c(C(F)(F)F)c(C2CC2)nn1CC1CCC(F)(F)C1. The molecule has 1 unspecified atom stereocenters. The fraction of sp³-hybridized carbons (Fsp3) is 0.714. The molecule has 0 radical (unpaired) electrons. The van der Waals surface area contributed by atoms with Gasteiger partial charge in [-0.3, -0.25) is 4.68 Å². The van der Waals surface area contributed by atoms with Crippen molar-refractivity contribution in [3.8, 4) is 0 Å². The van der Waals surface area contributed by atoms with Gasteiger partial charge in [-0.25, -0.2) is 13.6 Å². The summed E-state index contributed by atoms with van der Waals surface area (Å²) in [6.07, 6.45) is -4.41. The minimum Gasteiger partial charge on any atom is -0.477 e. The van der Waals surface area contributed by atoms with E-state index in [2.05, 4.69) is 5.10 Å². The van der Waals surface area contributed by atoms with E-state index in [1.165, 1.54) is 0 Å². The summed E-state index contributed by atoms with van der Waals surface area (Å²) in [5, 5.41) is 13.0. The number of aromatic carboxylic acids is 1. The van der Waals surface area contributed by atoms with Gasteiger partial charge in [-0.1, -0.05) is 0 Å². The van der Waals surface area contributed by atoms with Gasteiger partial charge in [-0.15, -0.1) is 0 Å². The van der Waals surface area contributed by atoms with Gasteiger partial charge in [0.15, 0.2) is 5.69 Å². The van der Waals surface area contributed by atoms with Gasteiger partial charge in [0.05, 0.1) is 5.69 Å². The summed E-state index contributed by atoms with van der Waals surface area (Å²) in [6, 6.07) is 0. The van der Waals surface area contributed by atoms with Crippen LogP contribution in [0.1, 0.15) is 59.8 Å². The number of halogens is 5. The topological polar surface area (TPSA) is 55.1 Å². The molecule has 0 amide bonds. The Morgan fingerprint density at radius 3 is 2.39 bits per heavy atom. The zero-order valence-electron chi connectivity index (χ0n) is 12.0. The molecule has 23 heavy (non-hydrogen) atoms. The normalized spacial score (nSPS) is 24.1. The number of aromatic nitrogens is 2. The van der Waals surface area contributed by atoms with Crippen LogP contribution in [0.25, 0.3) is 0 Å². The highest BCUT2D eigenvalue weighted by atomic mass is 19.4. The number of carboxylic acids is 1. The Hall–Kier alpha value is -1.67. The van der Waals surface area contributed by atoms with Crippen LogP contribution in [0.4, 0.5) is 22.0 Å². The van der Waals surface area contributed by atoms with Gasteiger partial charge >= 0.3 is 12.1 Å². The second-order valence-corrected chi connectivity index (χ2v) is 6.33. The number of hydrogen-bond acceptors (Lipinski definition) is 2. The molecular formula is C14H15F5N2O2. The Labute approximate surface area is 128 Å². The number of carboxylic acid groups (broad SMARTS) is 1. The van der Waals surface area contributed by atoms with Crippen LogP contribution >= 0.6 is 0 Å². The van der Waals surface area contributed by atoms with Crippen LogP contribution in [0, 0.1) is 5.92 Å². The average Bonchev–Trinajstić information content (AvgIpc) is 3.08. The Morgan fingerprint density at radius 1 is 1.30 bits per heavy atom. The van der Waals surface area contributed by atoms with Crippen molar-refractivity contribution in [3.63, 3.8) is 0 Å². The minimum atomic E-state index is -4.83. The molecule has 0 spiro atoms. The van der Waals surface area contributed by atoms with Gasteiger partial charge in [-0.2, -0.15) is 18.3 Å². The summed E-state index contributed by atoms with van der Waals surface area (Å²) in [5.41, 5.74) is -2.42. The first-order valence-electron chi connectivity index (χ1n) is 7.37. The van der Waals surface area contributed by atoms with Crippen molar-refractivity contribution >= 4 is 5.97 Å². The molecule has 1 heterocycles. The molecule has 3 rings (SSSR count). The second kappa shape index (κ2) is 5.17. The molecule has 1 aromatic rings. The Kier molecular flexibility index (Phi) is 3.64. The lowest BCUT2D eigenvalue weighted by Gasteiger charge is -2.13. The van der Waals surface area contributed by atoms with E-state index in [-0.39, 0.29) is 25.1 Å². The highest BCUT2D eigenvalue weighted by molar-refractivity contribution is 5.88. The van der Waals surface area contributed by atoms with Crippen LogP contribution in [-0.4, -0.2) is 26.8 Å². The summed E-state index contributed by atoms with van der Waals surface area (Å²) in [6.45, 7) is -0.229. The van der Waals surface area contributed by atoms with E-state index in [0.29, 0.717) is 12.8 Å². The van der Waals surface area contributed by atoms with E-state index in [4.69, 9.17) is 0 Å². The average molecular weight is 338 g/mol. The maximum absolute atomic E-state index is 13.3. The molecular weight excluding hydrogens is 323 g/mol. The lowest BCUT2D eigenvalue weighted by Crippen LogP contribution is -2.19. The van der Waals surface area contributed by atoms with Crippen molar-refractivity contribution < 1.29 is 31.9 Å². The first kappa shape index (κ1) is 16.2. The van der Waals surface area contributed by atoms with E-state index < -0.39 is 47.6 Å². The maximum Gasteiger partial charge on any atom is 0.420 e. The van der Waals surface area contributed by atoms with Crippen molar-refractivity contribution in [1.29, 1.82) is 0 Å². The molecule has 2 aliphatic carbocycles. The largest absolute Gasteiger partial charge is 0.477 e. The number of carbonyl (C=O) groups is 1. The molecule has 9 heteroatoms. The summed E-state index contributed by atoms with van der Waals surface area (Å²) in [5.74, 6) is -5.54. The van der Waals surface area contributed by atoms with Crippen molar-refractivity contribution in [3.05, 3.63) is 17.0 Å². The van der Waals surface area contributed by atoms with Gasteiger partial charge < -0.3 is 5.11 Å². The summed E-state index contributed by atoms with van der Waals surface area (Å²) < 4.78 is 67.1. The summed E-state index contributed by atoms with van der Waals surface area (Å²) in [7, 11) is 0. The van der Waals surface area contributed by atoms with Crippen LogP contribution < -0.4 is 0 Å². The zero-order valence-corrected chi connectivity index (χ0v) is 12.0. The zero-order chi connectivity index (χ0) is 17.0. The third-order valence-corrected chi connectivity index (χ3v) is 4.37. The third kappa shape index (κ3) is 3.18. The molecule has 0 aliphatic heterocycles. The second-order valence-electron chi connectivity index (χ2n) is 6.33.